The lowest BCUT2D eigenvalue weighted by Crippen LogP contribution is -2.17. The Bertz CT molecular complexity index is 938. The van der Waals surface area contributed by atoms with E-state index in [1.807, 2.05) is 24.3 Å². The third kappa shape index (κ3) is 4.90. The van der Waals surface area contributed by atoms with Gasteiger partial charge in [-0.3, -0.25) is 0 Å². The van der Waals surface area contributed by atoms with Crippen LogP contribution in [0.1, 0.15) is 74.9 Å². The van der Waals surface area contributed by atoms with E-state index in [1.54, 1.807) is 0 Å². The van der Waals surface area contributed by atoms with Crippen molar-refractivity contribution in [2.45, 2.75) is 72.6 Å². The van der Waals surface area contributed by atoms with Crippen molar-refractivity contribution in [3.63, 3.8) is 0 Å². The smallest absolute Gasteiger partial charge is 0.335 e. The van der Waals surface area contributed by atoms with Crippen LogP contribution in [0.25, 0.3) is 0 Å². The number of benzene rings is 2. The van der Waals surface area contributed by atoms with Gasteiger partial charge in [0.2, 0.25) is 0 Å². The van der Waals surface area contributed by atoms with Crippen molar-refractivity contribution in [2.24, 2.45) is 0 Å². The molecule has 0 saturated carbocycles. The molecule has 0 bridgehead atoms. The Morgan fingerprint density at radius 2 is 1.69 bits per heavy atom. The van der Waals surface area contributed by atoms with Gasteiger partial charge in [-0.1, -0.05) is 72.4 Å². The van der Waals surface area contributed by atoms with E-state index in [4.69, 9.17) is 4.74 Å². The first-order valence-corrected chi connectivity index (χ1v) is 10.1. The summed E-state index contributed by atoms with van der Waals surface area (Å²) in [4.78, 5) is 12.0. The first-order chi connectivity index (χ1) is 13.3. The molecule has 0 amide bonds. The van der Waals surface area contributed by atoms with E-state index in [0.29, 0.717) is 17.9 Å². The normalized spacial score (nSPS) is 12.0. The summed E-state index contributed by atoms with van der Waals surface area (Å²) in [5, 5.41) is 11.1. The minimum atomic E-state index is -0.484. The molecule has 3 heteroatoms. The number of phenolic OH excluding ortho intramolecular Hbond substituents is 1. The van der Waals surface area contributed by atoms with E-state index in [-0.39, 0.29) is 10.8 Å². The van der Waals surface area contributed by atoms with Crippen LogP contribution in [0.15, 0.2) is 36.9 Å². The molecule has 2 aromatic rings. The number of carbonyl (C=O) groups is 1. The summed E-state index contributed by atoms with van der Waals surface area (Å²) in [7, 11) is 0. The molecule has 0 aliphatic heterocycles. The van der Waals surface area contributed by atoms with Crippen LogP contribution in [0.4, 0.5) is 0 Å². The number of aromatic hydroxyl groups is 1. The highest BCUT2D eigenvalue weighted by atomic mass is 16.5. The van der Waals surface area contributed by atoms with Crippen LogP contribution in [-0.2, 0) is 22.0 Å². The molecule has 1 N–H and O–H groups in total. The van der Waals surface area contributed by atoms with E-state index in [2.05, 4.69) is 62.0 Å². The van der Waals surface area contributed by atoms with Crippen LogP contribution in [0.3, 0.4) is 0 Å². The Balaban J connectivity index is 2.68. The molecule has 0 fully saturated rings. The zero-order chi connectivity index (χ0) is 22.1. The number of phenols is 1. The molecule has 3 nitrogen and oxygen atoms in total. The van der Waals surface area contributed by atoms with Gasteiger partial charge >= 0.3 is 5.97 Å². The predicted molar refractivity (Wildman–Crippen MR) is 120 cm³/mol. The summed E-state index contributed by atoms with van der Waals surface area (Å²) in [5.41, 5.74) is 5.48. The molecule has 156 valence electrons. The second-order valence-corrected chi connectivity index (χ2v) is 9.80. The maximum atomic E-state index is 12.0. The summed E-state index contributed by atoms with van der Waals surface area (Å²) in [5.74, 6) is 0.394. The Kier molecular flexibility index (Phi) is 6.32. The molecule has 0 radical (unpaired) electrons. The fourth-order valence-electron chi connectivity index (χ4n) is 3.81. The van der Waals surface area contributed by atoms with Gasteiger partial charge in [0.05, 0.1) is 0 Å². The van der Waals surface area contributed by atoms with E-state index < -0.39 is 5.97 Å². The van der Waals surface area contributed by atoms with Crippen molar-refractivity contribution in [3.05, 3.63) is 70.3 Å². The zero-order valence-electron chi connectivity index (χ0n) is 19.1. The average Bonchev–Trinajstić information content (AvgIpc) is 2.58. The van der Waals surface area contributed by atoms with Crippen molar-refractivity contribution in [2.75, 3.05) is 0 Å². The van der Waals surface area contributed by atoms with E-state index >= 15 is 0 Å². The second kappa shape index (κ2) is 8.06. The topological polar surface area (TPSA) is 46.5 Å². The van der Waals surface area contributed by atoms with Gasteiger partial charge in [-0.15, -0.1) is 0 Å². The number of carbonyl (C=O) groups excluding carboxylic acids is 1. The van der Waals surface area contributed by atoms with Gasteiger partial charge in [-0.25, -0.2) is 4.79 Å². The highest BCUT2D eigenvalue weighted by Gasteiger charge is 2.26. The van der Waals surface area contributed by atoms with Crippen LogP contribution in [0.5, 0.6) is 11.5 Å². The second-order valence-electron chi connectivity index (χ2n) is 9.80. The average molecular weight is 395 g/mol. The first-order valence-electron chi connectivity index (χ1n) is 10.1. The summed E-state index contributed by atoms with van der Waals surface area (Å²) < 4.78 is 5.68. The van der Waals surface area contributed by atoms with Gasteiger partial charge < -0.3 is 9.84 Å². The van der Waals surface area contributed by atoms with Crippen molar-refractivity contribution >= 4 is 5.97 Å². The van der Waals surface area contributed by atoms with Crippen molar-refractivity contribution in [1.82, 2.24) is 0 Å². The molecule has 0 heterocycles. The Morgan fingerprint density at radius 1 is 1.07 bits per heavy atom. The lowest BCUT2D eigenvalue weighted by atomic mass is 9.79. The highest BCUT2D eigenvalue weighted by Crippen LogP contribution is 2.41. The highest BCUT2D eigenvalue weighted by molar-refractivity contribution is 5.84. The van der Waals surface area contributed by atoms with Crippen molar-refractivity contribution in [3.8, 4) is 11.5 Å². The maximum absolute atomic E-state index is 12.0. The SMILES string of the molecule is C=CC(=O)Oc1c(Cc2cc(C)c(C)c(C(C)(C)C)c2O)cccc1C(C)(C)C. The zero-order valence-corrected chi connectivity index (χ0v) is 19.1. The van der Waals surface area contributed by atoms with Crippen molar-refractivity contribution in [1.29, 1.82) is 0 Å². The molecule has 0 unspecified atom stereocenters. The predicted octanol–water partition coefficient (Wildman–Crippen LogP) is 6.29. The minimum Gasteiger partial charge on any atom is -0.507 e. The molecule has 0 aromatic heterocycles. The fraction of sp³-hybridized carbons (Fsp3) is 0.423. The van der Waals surface area contributed by atoms with Gasteiger partial charge in [-0.05, 0) is 46.9 Å². The molecule has 0 atom stereocenters. The van der Waals surface area contributed by atoms with E-state index in [0.717, 1.165) is 33.4 Å². The number of para-hydroxylation sites is 1. The standard InChI is InChI=1S/C26H34O3/c1-10-21(27)29-24-18(12-11-13-20(24)25(4,5)6)15-19-14-16(2)17(3)22(23(19)28)26(7,8)9/h10-14,28H,1,15H2,2-9H3. The van der Waals surface area contributed by atoms with Gasteiger partial charge in [0, 0.05) is 23.6 Å². The molecule has 0 saturated heterocycles. The van der Waals surface area contributed by atoms with Gasteiger partial charge in [0.1, 0.15) is 11.5 Å². The van der Waals surface area contributed by atoms with Crippen LogP contribution < -0.4 is 4.74 Å². The molecule has 2 aromatic carbocycles. The minimum absolute atomic E-state index is 0.180. The lowest BCUT2D eigenvalue weighted by molar-refractivity contribution is -0.129. The third-order valence-corrected chi connectivity index (χ3v) is 5.30. The van der Waals surface area contributed by atoms with Gasteiger partial charge in [0.25, 0.3) is 0 Å². The molecule has 0 aliphatic carbocycles. The molecule has 2 rings (SSSR count). The maximum Gasteiger partial charge on any atom is 0.335 e. The number of aryl methyl sites for hydroxylation is 1. The Labute approximate surface area is 175 Å². The molecule has 29 heavy (non-hydrogen) atoms. The van der Waals surface area contributed by atoms with Crippen LogP contribution in [0, 0.1) is 13.8 Å². The van der Waals surface area contributed by atoms with Crippen LogP contribution in [-0.4, -0.2) is 11.1 Å². The van der Waals surface area contributed by atoms with Crippen LogP contribution >= 0.6 is 0 Å². The molecular weight excluding hydrogens is 360 g/mol. The van der Waals surface area contributed by atoms with E-state index in [9.17, 15) is 9.90 Å². The number of esters is 1. The molecule has 0 aliphatic rings. The third-order valence-electron chi connectivity index (χ3n) is 5.30. The largest absolute Gasteiger partial charge is 0.507 e. The number of hydrogen-bond donors (Lipinski definition) is 1. The summed E-state index contributed by atoms with van der Waals surface area (Å²) in [6.07, 6.45) is 1.65. The van der Waals surface area contributed by atoms with Gasteiger partial charge in [0.15, 0.2) is 0 Å². The quantitative estimate of drug-likeness (QED) is 0.377. The number of hydrogen-bond acceptors (Lipinski definition) is 3. The van der Waals surface area contributed by atoms with Crippen LogP contribution in [0.2, 0.25) is 0 Å². The Morgan fingerprint density at radius 3 is 2.21 bits per heavy atom. The Hall–Kier alpha value is -2.55. The number of rotatable bonds is 4. The lowest BCUT2D eigenvalue weighted by Gasteiger charge is -2.27. The number of ether oxygens (including phenoxy) is 1. The van der Waals surface area contributed by atoms with E-state index in [1.165, 1.54) is 6.08 Å². The van der Waals surface area contributed by atoms with Gasteiger partial charge in [-0.2, -0.15) is 0 Å². The molecular formula is C26H34O3. The fourth-order valence-corrected chi connectivity index (χ4v) is 3.81. The molecule has 0 spiro atoms. The summed E-state index contributed by atoms with van der Waals surface area (Å²) in [6.45, 7) is 20.2. The summed E-state index contributed by atoms with van der Waals surface area (Å²) in [6, 6.07) is 7.94. The van der Waals surface area contributed by atoms with Crippen molar-refractivity contribution < 1.29 is 14.6 Å². The first kappa shape index (κ1) is 22.7. The summed E-state index contributed by atoms with van der Waals surface area (Å²) >= 11 is 0. The monoisotopic (exact) mass is 394 g/mol.